The molecule has 0 bridgehead atoms. The molecule has 33 heavy (non-hydrogen) atoms. The number of nitrogens with zero attached hydrogens (tertiary/aromatic N) is 3. The number of methoxy groups -OCH3 is 1. The van der Waals surface area contributed by atoms with Gasteiger partial charge < -0.3 is 20.3 Å². The molecule has 1 saturated heterocycles. The summed E-state index contributed by atoms with van der Waals surface area (Å²) in [7, 11) is 1.31. The van der Waals surface area contributed by atoms with Gasteiger partial charge in [-0.3, -0.25) is 4.79 Å². The number of anilines is 2. The van der Waals surface area contributed by atoms with Gasteiger partial charge in [0.1, 0.15) is 5.01 Å². The highest BCUT2D eigenvalue weighted by Gasteiger charge is 2.27. The summed E-state index contributed by atoms with van der Waals surface area (Å²) < 4.78 is 4.72. The molecule has 0 aliphatic carbocycles. The number of ether oxygens (including phenoxy) is 1. The minimum atomic E-state index is -0.458. The zero-order chi connectivity index (χ0) is 23.2. The van der Waals surface area contributed by atoms with Gasteiger partial charge in [-0.1, -0.05) is 35.6 Å². The smallest absolute Gasteiger partial charge is 0.337 e. The predicted octanol–water partition coefficient (Wildman–Crippen LogP) is 3.99. The Bertz CT molecular complexity index is 1140. The molecule has 3 aromatic rings. The average Bonchev–Trinajstić information content (AvgIpc) is 3.35. The van der Waals surface area contributed by atoms with Crippen LogP contribution in [0, 0.1) is 0 Å². The monoisotopic (exact) mass is 465 g/mol. The maximum absolute atomic E-state index is 12.6. The number of para-hydroxylation sites is 1. The molecule has 0 spiro atoms. The minimum Gasteiger partial charge on any atom is -0.465 e. The van der Waals surface area contributed by atoms with Crippen molar-refractivity contribution in [3.8, 4) is 0 Å². The fourth-order valence-corrected chi connectivity index (χ4v) is 4.48. The second-order valence-electron chi connectivity index (χ2n) is 7.53. The van der Waals surface area contributed by atoms with Crippen LogP contribution < -0.4 is 10.6 Å². The number of esters is 1. The number of likely N-dealkylation sites (tertiary alicyclic amines) is 1. The van der Waals surface area contributed by atoms with Crippen molar-refractivity contribution in [3.05, 3.63) is 70.2 Å². The fraction of sp³-hybridized carbons (Fsp3) is 0.261. The van der Waals surface area contributed by atoms with Gasteiger partial charge in [0.2, 0.25) is 5.01 Å². The Balaban J connectivity index is 1.30. The molecule has 2 heterocycles. The van der Waals surface area contributed by atoms with Crippen LogP contribution >= 0.6 is 11.3 Å². The molecule has 10 heteroatoms. The van der Waals surface area contributed by atoms with Gasteiger partial charge in [-0.15, -0.1) is 10.2 Å². The summed E-state index contributed by atoms with van der Waals surface area (Å²) in [5.74, 6) is -0.593. The highest BCUT2D eigenvalue weighted by Crippen LogP contribution is 2.30. The molecule has 3 amide bonds. The fourth-order valence-electron chi connectivity index (χ4n) is 3.57. The topological polar surface area (TPSA) is 114 Å². The van der Waals surface area contributed by atoms with Gasteiger partial charge in [0, 0.05) is 30.4 Å². The van der Waals surface area contributed by atoms with Crippen LogP contribution in [0.1, 0.15) is 43.9 Å². The Morgan fingerprint density at radius 1 is 0.970 bits per heavy atom. The number of aromatic nitrogens is 2. The Hall–Kier alpha value is -3.79. The van der Waals surface area contributed by atoms with Gasteiger partial charge in [-0.2, -0.15) is 0 Å². The number of carbonyl (C=O) groups is 3. The number of amides is 3. The average molecular weight is 466 g/mol. The van der Waals surface area contributed by atoms with E-state index in [0.29, 0.717) is 35.0 Å². The van der Waals surface area contributed by atoms with Gasteiger partial charge in [0.15, 0.2) is 0 Å². The van der Waals surface area contributed by atoms with Crippen molar-refractivity contribution in [2.45, 2.75) is 18.8 Å². The van der Waals surface area contributed by atoms with Crippen LogP contribution in [0.4, 0.5) is 16.2 Å². The summed E-state index contributed by atoms with van der Waals surface area (Å²) >= 11 is 1.29. The van der Waals surface area contributed by atoms with Crippen LogP contribution in [0.25, 0.3) is 0 Å². The minimum absolute atomic E-state index is 0.146. The zero-order valence-electron chi connectivity index (χ0n) is 18.0. The second kappa shape index (κ2) is 10.2. The van der Waals surface area contributed by atoms with Crippen molar-refractivity contribution in [1.82, 2.24) is 15.1 Å². The largest absolute Gasteiger partial charge is 0.465 e. The highest BCUT2D eigenvalue weighted by molar-refractivity contribution is 7.13. The molecule has 9 nitrogen and oxygen atoms in total. The first-order valence-electron chi connectivity index (χ1n) is 10.5. The number of hydrogen-bond acceptors (Lipinski definition) is 7. The molecule has 1 aliphatic heterocycles. The molecule has 170 valence electrons. The lowest BCUT2D eigenvalue weighted by molar-refractivity contribution is 0.0600. The molecule has 1 aromatic heterocycles. The van der Waals surface area contributed by atoms with E-state index < -0.39 is 5.97 Å². The summed E-state index contributed by atoms with van der Waals surface area (Å²) in [4.78, 5) is 38.5. The number of rotatable bonds is 5. The van der Waals surface area contributed by atoms with Crippen molar-refractivity contribution >= 4 is 40.6 Å². The van der Waals surface area contributed by atoms with Gasteiger partial charge in [-0.25, -0.2) is 9.59 Å². The van der Waals surface area contributed by atoms with Crippen LogP contribution in [-0.2, 0) is 4.74 Å². The lowest BCUT2D eigenvalue weighted by Crippen LogP contribution is -2.40. The first kappa shape index (κ1) is 22.4. The zero-order valence-corrected chi connectivity index (χ0v) is 18.8. The van der Waals surface area contributed by atoms with E-state index in [4.69, 9.17) is 4.74 Å². The lowest BCUT2D eigenvalue weighted by Gasteiger charge is -2.31. The third-order valence-electron chi connectivity index (χ3n) is 5.33. The Morgan fingerprint density at radius 2 is 1.70 bits per heavy atom. The summed E-state index contributed by atoms with van der Waals surface area (Å²) in [5.41, 5.74) is 1.61. The lowest BCUT2D eigenvalue weighted by atomic mass is 9.98. The standard InChI is InChI=1S/C23H23N5O4S/c1-32-22(30)16-6-5-9-18(14-16)25-23(31)28-12-10-15(11-13-28)20-26-27-21(33-20)19(29)24-17-7-3-2-4-8-17/h2-9,14-15H,10-13H2,1H3,(H,24,29)(H,25,31). The number of benzene rings is 2. The molecule has 0 atom stereocenters. The number of carbonyl (C=O) groups excluding carboxylic acids is 3. The van der Waals surface area contributed by atoms with Gasteiger partial charge >= 0.3 is 12.0 Å². The first-order valence-corrected chi connectivity index (χ1v) is 11.3. The van der Waals surface area contributed by atoms with E-state index >= 15 is 0 Å². The van der Waals surface area contributed by atoms with Crippen LogP contribution in [0.15, 0.2) is 54.6 Å². The van der Waals surface area contributed by atoms with Crippen LogP contribution in [0.3, 0.4) is 0 Å². The molecule has 0 saturated carbocycles. The molecule has 2 N–H and O–H groups in total. The van der Waals surface area contributed by atoms with E-state index in [9.17, 15) is 14.4 Å². The summed E-state index contributed by atoms with van der Waals surface area (Å²) in [6, 6.07) is 15.6. The maximum atomic E-state index is 12.6. The van der Waals surface area contributed by atoms with E-state index in [1.54, 1.807) is 29.2 Å². The first-order chi connectivity index (χ1) is 16.0. The second-order valence-corrected chi connectivity index (χ2v) is 8.54. The number of urea groups is 1. The normalized spacial score (nSPS) is 13.9. The number of hydrogen-bond donors (Lipinski definition) is 2. The van der Waals surface area contributed by atoms with Gasteiger partial charge in [-0.05, 0) is 43.2 Å². The molecule has 0 unspecified atom stereocenters. The third kappa shape index (κ3) is 5.53. The Morgan fingerprint density at radius 3 is 2.42 bits per heavy atom. The highest BCUT2D eigenvalue weighted by atomic mass is 32.1. The van der Waals surface area contributed by atoms with Crippen molar-refractivity contribution in [2.75, 3.05) is 30.8 Å². The Kier molecular flexibility index (Phi) is 6.94. The summed E-state index contributed by atoms with van der Waals surface area (Å²) in [6.07, 6.45) is 1.45. The summed E-state index contributed by atoms with van der Waals surface area (Å²) in [5, 5.41) is 15.0. The van der Waals surface area contributed by atoms with Crippen molar-refractivity contribution in [3.63, 3.8) is 0 Å². The summed E-state index contributed by atoms with van der Waals surface area (Å²) in [6.45, 7) is 1.11. The predicted molar refractivity (Wildman–Crippen MR) is 125 cm³/mol. The number of nitrogens with one attached hydrogen (secondary N) is 2. The van der Waals surface area contributed by atoms with E-state index in [0.717, 1.165) is 17.8 Å². The molecular weight excluding hydrogens is 442 g/mol. The molecular formula is C23H23N5O4S. The van der Waals surface area contributed by atoms with Crippen molar-refractivity contribution < 1.29 is 19.1 Å². The Labute approximate surface area is 194 Å². The van der Waals surface area contributed by atoms with E-state index in [1.165, 1.54) is 18.4 Å². The van der Waals surface area contributed by atoms with Crippen molar-refractivity contribution in [1.29, 1.82) is 0 Å². The van der Waals surface area contributed by atoms with E-state index in [2.05, 4.69) is 20.8 Å². The maximum Gasteiger partial charge on any atom is 0.337 e. The molecule has 0 radical (unpaired) electrons. The van der Waals surface area contributed by atoms with E-state index in [-0.39, 0.29) is 17.9 Å². The molecule has 1 fully saturated rings. The molecule has 2 aromatic carbocycles. The molecule has 1 aliphatic rings. The van der Waals surface area contributed by atoms with Gasteiger partial charge in [0.05, 0.1) is 12.7 Å². The van der Waals surface area contributed by atoms with Crippen molar-refractivity contribution in [2.24, 2.45) is 0 Å². The molecule has 4 rings (SSSR count). The van der Waals surface area contributed by atoms with Gasteiger partial charge in [0.25, 0.3) is 5.91 Å². The van der Waals surface area contributed by atoms with Crippen LogP contribution in [-0.4, -0.2) is 53.2 Å². The quantitative estimate of drug-likeness (QED) is 0.551. The third-order valence-corrected chi connectivity index (χ3v) is 6.42. The van der Waals surface area contributed by atoms with Crippen LogP contribution in [0.5, 0.6) is 0 Å². The van der Waals surface area contributed by atoms with E-state index in [1.807, 2.05) is 30.3 Å². The van der Waals surface area contributed by atoms with Crippen LogP contribution in [0.2, 0.25) is 0 Å². The number of piperidine rings is 1. The SMILES string of the molecule is COC(=O)c1cccc(NC(=O)N2CCC(c3nnc(C(=O)Nc4ccccc4)s3)CC2)c1.